The van der Waals surface area contributed by atoms with Crippen LogP contribution in [0.3, 0.4) is 0 Å². The summed E-state index contributed by atoms with van der Waals surface area (Å²) in [5, 5.41) is 0. The van der Waals surface area contributed by atoms with E-state index in [1.807, 2.05) is 0 Å². The summed E-state index contributed by atoms with van der Waals surface area (Å²) >= 11 is 0. The van der Waals surface area contributed by atoms with Crippen LogP contribution in [0.15, 0.2) is 12.3 Å². The number of ether oxygens (including phenoxy) is 1. The standard InChI is InChI=1S/C9H17NO/c1-7-6-10(5)9(3,4)8(2)11-7/h7H,2,6H2,1,3-5H3. The third-order valence-corrected chi connectivity index (χ3v) is 2.51. The average molecular weight is 155 g/mol. The van der Waals surface area contributed by atoms with Gasteiger partial charge in [0.25, 0.3) is 0 Å². The highest BCUT2D eigenvalue weighted by atomic mass is 16.5. The molecule has 0 N–H and O–H groups in total. The molecule has 0 aliphatic carbocycles. The maximum Gasteiger partial charge on any atom is 0.109 e. The average Bonchev–Trinajstić information content (AvgIpc) is 1.84. The van der Waals surface area contributed by atoms with Crippen LogP contribution in [0.1, 0.15) is 20.8 Å². The second-order valence-corrected chi connectivity index (χ2v) is 3.79. The topological polar surface area (TPSA) is 12.5 Å². The highest BCUT2D eigenvalue weighted by molar-refractivity contribution is 5.09. The smallest absolute Gasteiger partial charge is 0.109 e. The Balaban J connectivity index is 2.76. The second-order valence-electron chi connectivity index (χ2n) is 3.79. The molecule has 0 spiro atoms. The lowest BCUT2D eigenvalue weighted by Crippen LogP contribution is -2.51. The van der Waals surface area contributed by atoms with Crippen LogP contribution in [-0.2, 0) is 4.74 Å². The zero-order chi connectivity index (χ0) is 8.65. The number of morpholine rings is 1. The molecule has 1 heterocycles. The number of hydrogen-bond acceptors (Lipinski definition) is 2. The lowest BCUT2D eigenvalue weighted by Gasteiger charge is -2.43. The zero-order valence-electron chi connectivity index (χ0n) is 7.85. The van der Waals surface area contributed by atoms with Crippen LogP contribution in [0.25, 0.3) is 0 Å². The van der Waals surface area contributed by atoms with E-state index in [4.69, 9.17) is 4.74 Å². The summed E-state index contributed by atoms with van der Waals surface area (Å²) in [6.45, 7) is 11.2. The predicted molar refractivity (Wildman–Crippen MR) is 46.4 cm³/mol. The molecule has 1 aliphatic rings. The van der Waals surface area contributed by atoms with E-state index < -0.39 is 0 Å². The molecular weight excluding hydrogens is 138 g/mol. The Kier molecular flexibility index (Phi) is 1.97. The normalized spacial score (nSPS) is 31.6. The Morgan fingerprint density at radius 3 is 2.64 bits per heavy atom. The van der Waals surface area contributed by atoms with Crippen molar-refractivity contribution >= 4 is 0 Å². The van der Waals surface area contributed by atoms with Gasteiger partial charge in [-0.1, -0.05) is 6.58 Å². The maximum atomic E-state index is 5.54. The first kappa shape index (κ1) is 8.60. The fourth-order valence-electron chi connectivity index (χ4n) is 1.25. The number of rotatable bonds is 0. The van der Waals surface area contributed by atoms with Gasteiger partial charge >= 0.3 is 0 Å². The fourth-order valence-corrected chi connectivity index (χ4v) is 1.25. The summed E-state index contributed by atoms with van der Waals surface area (Å²) in [6.07, 6.45) is 0.278. The minimum atomic E-state index is -0.00743. The van der Waals surface area contributed by atoms with Crippen molar-refractivity contribution in [2.45, 2.75) is 32.4 Å². The number of hydrogen-bond donors (Lipinski definition) is 0. The molecule has 1 rings (SSSR count). The first-order chi connectivity index (χ1) is 4.94. The van der Waals surface area contributed by atoms with E-state index in [0.29, 0.717) is 0 Å². The van der Waals surface area contributed by atoms with Crippen LogP contribution in [0.5, 0.6) is 0 Å². The molecule has 0 bridgehead atoms. The SMILES string of the molecule is C=C1OC(C)CN(C)C1(C)C. The second kappa shape index (κ2) is 2.52. The van der Waals surface area contributed by atoms with Gasteiger partial charge in [-0.2, -0.15) is 0 Å². The van der Waals surface area contributed by atoms with Gasteiger partial charge in [0.15, 0.2) is 0 Å². The molecule has 11 heavy (non-hydrogen) atoms. The van der Waals surface area contributed by atoms with Gasteiger partial charge in [-0.05, 0) is 27.8 Å². The molecule has 1 unspecified atom stereocenters. The molecule has 2 heteroatoms. The van der Waals surface area contributed by atoms with E-state index in [0.717, 1.165) is 12.3 Å². The largest absolute Gasteiger partial charge is 0.492 e. The summed E-state index contributed by atoms with van der Waals surface area (Å²) < 4.78 is 5.54. The van der Waals surface area contributed by atoms with Crippen molar-refractivity contribution in [3.63, 3.8) is 0 Å². The van der Waals surface area contributed by atoms with Gasteiger partial charge in [0.05, 0.1) is 5.54 Å². The summed E-state index contributed by atoms with van der Waals surface area (Å²) in [6, 6.07) is 0. The van der Waals surface area contributed by atoms with Crippen LogP contribution < -0.4 is 0 Å². The molecule has 1 aliphatic heterocycles. The van der Waals surface area contributed by atoms with E-state index in [2.05, 4.69) is 39.3 Å². The molecule has 0 saturated carbocycles. The van der Waals surface area contributed by atoms with E-state index in [9.17, 15) is 0 Å². The van der Waals surface area contributed by atoms with Gasteiger partial charge in [0.1, 0.15) is 11.9 Å². The van der Waals surface area contributed by atoms with Gasteiger partial charge < -0.3 is 4.74 Å². The van der Waals surface area contributed by atoms with Gasteiger partial charge in [0.2, 0.25) is 0 Å². The molecule has 0 radical (unpaired) electrons. The van der Waals surface area contributed by atoms with Gasteiger partial charge in [-0.15, -0.1) is 0 Å². The first-order valence-electron chi connectivity index (χ1n) is 4.02. The minimum absolute atomic E-state index is 0.00743. The van der Waals surface area contributed by atoms with Crippen molar-refractivity contribution in [1.29, 1.82) is 0 Å². The molecule has 0 aromatic carbocycles. The van der Waals surface area contributed by atoms with Crippen molar-refractivity contribution in [2.24, 2.45) is 0 Å². The van der Waals surface area contributed by atoms with Crippen molar-refractivity contribution in [1.82, 2.24) is 4.90 Å². The Bertz CT molecular complexity index is 174. The summed E-state index contributed by atoms with van der Waals surface area (Å²) in [4.78, 5) is 2.27. The van der Waals surface area contributed by atoms with Crippen molar-refractivity contribution in [3.8, 4) is 0 Å². The Labute approximate surface area is 68.8 Å². The van der Waals surface area contributed by atoms with E-state index in [-0.39, 0.29) is 11.6 Å². The quantitative estimate of drug-likeness (QED) is 0.527. The van der Waals surface area contributed by atoms with Crippen LogP contribution in [-0.4, -0.2) is 30.1 Å². The molecule has 0 aromatic heterocycles. The fraction of sp³-hybridized carbons (Fsp3) is 0.778. The lowest BCUT2D eigenvalue weighted by molar-refractivity contribution is -0.0239. The van der Waals surface area contributed by atoms with Crippen LogP contribution >= 0.6 is 0 Å². The van der Waals surface area contributed by atoms with E-state index in [1.165, 1.54) is 0 Å². The molecule has 0 aromatic rings. The molecule has 1 saturated heterocycles. The lowest BCUT2D eigenvalue weighted by atomic mass is 9.99. The van der Waals surface area contributed by atoms with Crippen LogP contribution in [0.4, 0.5) is 0 Å². The summed E-state index contributed by atoms with van der Waals surface area (Å²) in [5.74, 6) is 0.874. The monoisotopic (exact) mass is 155 g/mol. The van der Waals surface area contributed by atoms with Crippen molar-refractivity contribution in [2.75, 3.05) is 13.6 Å². The number of likely N-dealkylation sites (N-methyl/N-ethyl adjacent to an activating group) is 1. The van der Waals surface area contributed by atoms with Gasteiger partial charge in [-0.3, -0.25) is 4.90 Å². The molecule has 0 amide bonds. The van der Waals surface area contributed by atoms with Crippen LogP contribution in [0, 0.1) is 0 Å². The summed E-state index contributed by atoms with van der Waals surface area (Å²) in [5.41, 5.74) is -0.00743. The zero-order valence-corrected chi connectivity index (χ0v) is 7.85. The Hall–Kier alpha value is -0.500. The Morgan fingerprint density at radius 2 is 2.18 bits per heavy atom. The number of nitrogens with zero attached hydrogens (tertiary/aromatic N) is 1. The molecular formula is C9H17NO. The molecule has 1 fully saturated rings. The van der Waals surface area contributed by atoms with Gasteiger partial charge in [0, 0.05) is 6.54 Å². The van der Waals surface area contributed by atoms with E-state index >= 15 is 0 Å². The Morgan fingerprint density at radius 1 is 1.64 bits per heavy atom. The van der Waals surface area contributed by atoms with Gasteiger partial charge in [-0.25, -0.2) is 0 Å². The highest BCUT2D eigenvalue weighted by Gasteiger charge is 2.34. The molecule has 64 valence electrons. The highest BCUT2D eigenvalue weighted by Crippen LogP contribution is 2.28. The molecule has 2 nitrogen and oxygen atoms in total. The maximum absolute atomic E-state index is 5.54. The third kappa shape index (κ3) is 1.41. The first-order valence-corrected chi connectivity index (χ1v) is 4.02. The predicted octanol–water partition coefficient (Wildman–Crippen LogP) is 1.63. The molecule has 1 atom stereocenters. The van der Waals surface area contributed by atoms with E-state index in [1.54, 1.807) is 0 Å². The van der Waals surface area contributed by atoms with Crippen LogP contribution in [0.2, 0.25) is 0 Å². The summed E-state index contributed by atoms with van der Waals surface area (Å²) in [7, 11) is 2.10. The van der Waals surface area contributed by atoms with Crippen molar-refractivity contribution in [3.05, 3.63) is 12.3 Å². The van der Waals surface area contributed by atoms with Crippen molar-refractivity contribution < 1.29 is 4.74 Å². The minimum Gasteiger partial charge on any atom is -0.492 e. The third-order valence-electron chi connectivity index (χ3n) is 2.51.